The number of carbonyl (C=O) groups excluding carboxylic acids is 2. The van der Waals surface area contributed by atoms with Gasteiger partial charge in [0.05, 0.1) is 6.61 Å². The first-order chi connectivity index (χ1) is 8.65. The maximum Gasteiger partial charge on any atom is 0.319 e. The molecule has 96 valence electrons. The van der Waals surface area contributed by atoms with E-state index in [4.69, 9.17) is 4.74 Å². The Bertz CT molecular complexity index is 444. The van der Waals surface area contributed by atoms with Gasteiger partial charge in [0.25, 0.3) is 0 Å². The summed E-state index contributed by atoms with van der Waals surface area (Å²) in [6, 6.07) is 9.55. The SMILES string of the molecule is CCOC(=O)[C@H]1C(=O)N[C@@H](C)[C@H]1c1ccccc1. The molecule has 18 heavy (non-hydrogen) atoms. The molecule has 0 aromatic heterocycles. The van der Waals surface area contributed by atoms with Crippen LogP contribution in [-0.4, -0.2) is 24.5 Å². The van der Waals surface area contributed by atoms with Gasteiger partial charge in [-0.05, 0) is 19.4 Å². The van der Waals surface area contributed by atoms with Crippen molar-refractivity contribution in [3.05, 3.63) is 35.9 Å². The zero-order valence-corrected chi connectivity index (χ0v) is 10.6. The number of nitrogens with one attached hydrogen (secondary N) is 1. The van der Waals surface area contributed by atoms with E-state index in [0.717, 1.165) is 5.56 Å². The molecule has 1 amide bonds. The van der Waals surface area contributed by atoms with Gasteiger partial charge in [0.2, 0.25) is 5.91 Å². The molecule has 1 N–H and O–H groups in total. The van der Waals surface area contributed by atoms with Gasteiger partial charge in [-0.2, -0.15) is 0 Å². The highest BCUT2D eigenvalue weighted by molar-refractivity contribution is 6.01. The monoisotopic (exact) mass is 247 g/mol. The van der Waals surface area contributed by atoms with Gasteiger partial charge in [0.1, 0.15) is 5.92 Å². The maximum absolute atomic E-state index is 11.9. The van der Waals surface area contributed by atoms with Crippen LogP contribution in [0.5, 0.6) is 0 Å². The van der Waals surface area contributed by atoms with Crippen molar-refractivity contribution in [2.24, 2.45) is 5.92 Å². The Morgan fingerprint density at radius 2 is 2.00 bits per heavy atom. The summed E-state index contributed by atoms with van der Waals surface area (Å²) in [6.45, 7) is 3.94. The highest BCUT2D eigenvalue weighted by atomic mass is 16.5. The molecule has 4 heteroatoms. The Labute approximate surface area is 106 Å². The molecule has 1 aliphatic rings. The third-order valence-corrected chi connectivity index (χ3v) is 3.28. The second-order valence-corrected chi connectivity index (χ2v) is 4.46. The van der Waals surface area contributed by atoms with Crippen LogP contribution >= 0.6 is 0 Å². The van der Waals surface area contributed by atoms with Crippen molar-refractivity contribution < 1.29 is 14.3 Å². The number of hydrogen-bond acceptors (Lipinski definition) is 3. The van der Waals surface area contributed by atoms with Crippen molar-refractivity contribution in [2.75, 3.05) is 6.61 Å². The third-order valence-electron chi connectivity index (χ3n) is 3.28. The van der Waals surface area contributed by atoms with E-state index < -0.39 is 11.9 Å². The number of ether oxygens (including phenoxy) is 1. The van der Waals surface area contributed by atoms with E-state index in [2.05, 4.69) is 5.32 Å². The van der Waals surface area contributed by atoms with E-state index in [1.54, 1.807) is 6.92 Å². The zero-order valence-electron chi connectivity index (χ0n) is 10.6. The fraction of sp³-hybridized carbons (Fsp3) is 0.429. The van der Waals surface area contributed by atoms with E-state index in [0.29, 0.717) is 6.61 Å². The third kappa shape index (κ3) is 2.23. The van der Waals surface area contributed by atoms with Crippen molar-refractivity contribution in [1.82, 2.24) is 5.32 Å². The fourth-order valence-electron chi connectivity index (χ4n) is 2.50. The molecule has 4 nitrogen and oxygen atoms in total. The van der Waals surface area contributed by atoms with Crippen LogP contribution in [0.1, 0.15) is 25.3 Å². The summed E-state index contributed by atoms with van der Waals surface area (Å²) in [5, 5.41) is 2.81. The summed E-state index contributed by atoms with van der Waals surface area (Å²) in [6.07, 6.45) is 0. The maximum atomic E-state index is 11.9. The molecule has 2 rings (SSSR count). The van der Waals surface area contributed by atoms with Gasteiger partial charge < -0.3 is 10.1 Å². The highest BCUT2D eigenvalue weighted by Gasteiger charge is 2.46. The molecular formula is C14H17NO3. The standard InChI is InChI=1S/C14H17NO3/c1-3-18-14(17)12-11(9(2)15-13(12)16)10-7-5-4-6-8-10/h4-9,11-12H,3H2,1-2H3,(H,15,16)/t9-,11-,12+/m0/s1. The Hall–Kier alpha value is -1.84. The Morgan fingerprint density at radius 1 is 1.33 bits per heavy atom. The molecule has 1 aromatic rings. The summed E-state index contributed by atoms with van der Waals surface area (Å²) < 4.78 is 5.00. The van der Waals surface area contributed by atoms with E-state index in [-0.39, 0.29) is 17.9 Å². The van der Waals surface area contributed by atoms with Crippen molar-refractivity contribution >= 4 is 11.9 Å². The Morgan fingerprint density at radius 3 is 2.61 bits per heavy atom. The minimum Gasteiger partial charge on any atom is -0.465 e. The van der Waals surface area contributed by atoms with Gasteiger partial charge in [-0.25, -0.2) is 0 Å². The molecule has 0 saturated carbocycles. The molecule has 0 aliphatic carbocycles. The lowest BCUT2D eigenvalue weighted by Crippen LogP contribution is -2.28. The predicted molar refractivity (Wildman–Crippen MR) is 66.9 cm³/mol. The zero-order chi connectivity index (χ0) is 13.1. The quantitative estimate of drug-likeness (QED) is 0.650. The lowest BCUT2D eigenvalue weighted by Gasteiger charge is -2.19. The topological polar surface area (TPSA) is 55.4 Å². The van der Waals surface area contributed by atoms with Gasteiger partial charge >= 0.3 is 5.97 Å². The first kappa shape index (κ1) is 12.6. The number of benzene rings is 1. The highest BCUT2D eigenvalue weighted by Crippen LogP contribution is 2.34. The van der Waals surface area contributed by atoms with E-state index >= 15 is 0 Å². The molecule has 0 spiro atoms. The largest absolute Gasteiger partial charge is 0.465 e. The van der Waals surface area contributed by atoms with Crippen molar-refractivity contribution in [3.63, 3.8) is 0 Å². The predicted octanol–water partition coefficient (Wildman–Crippen LogP) is 1.47. The van der Waals surface area contributed by atoms with E-state index in [1.807, 2.05) is 37.3 Å². The van der Waals surface area contributed by atoms with Crippen LogP contribution in [0.2, 0.25) is 0 Å². The summed E-state index contributed by atoms with van der Waals surface area (Å²) in [5.74, 6) is -1.57. The molecule has 1 saturated heterocycles. The lowest BCUT2D eigenvalue weighted by molar-refractivity contribution is -0.151. The number of carbonyl (C=O) groups is 2. The smallest absolute Gasteiger partial charge is 0.319 e. The second kappa shape index (κ2) is 5.21. The minimum atomic E-state index is -0.734. The van der Waals surface area contributed by atoms with Crippen LogP contribution in [0.15, 0.2) is 30.3 Å². The molecule has 0 bridgehead atoms. The average molecular weight is 247 g/mol. The number of amides is 1. The van der Waals surface area contributed by atoms with Crippen LogP contribution < -0.4 is 5.32 Å². The van der Waals surface area contributed by atoms with E-state index in [1.165, 1.54) is 0 Å². The van der Waals surface area contributed by atoms with Crippen LogP contribution in [0.4, 0.5) is 0 Å². The van der Waals surface area contributed by atoms with Crippen LogP contribution in [0, 0.1) is 5.92 Å². The van der Waals surface area contributed by atoms with Crippen LogP contribution in [0.25, 0.3) is 0 Å². The molecular weight excluding hydrogens is 230 g/mol. The van der Waals surface area contributed by atoms with Crippen LogP contribution in [-0.2, 0) is 14.3 Å². The summed E-state index contributed by atoms with van der Waals surface area (Å²) in [7, 11) is 0. The Balaban J connectivity index is 2.31. The molecule has 1 heterocycles. The lowest BCUT2D eigenvalue weighted by atomic mass is 9.84. The molecule has 1 fully saturated rings. The van der Waals surface area contributed by atoms with Crippen molar-refractivity contribution in [2.45, 2.75) is 25.8 Å². The van der Waals surface area contributed by atoms with Crippen LogP contribution in [0.3, 0.4) is 0 Å². The molecule has 3 atom stereocenters. The van der Waals surface area contributed by atoms with Gasteiger partial charge in [-0.3, -0.25) is 9.59 Å². The summed E-state index contributed by atoms with van der Waals surface area (Å²) in [4.78, 5) is 23.8. The van der Waals surface area contributed by atoms with Gasteiger partial charge in [-0.1, -0.05) is 30.3 Å². The number of esters is 1. The van der Waals surface area contributed by atoms with Gasteiger partial charge in [0, 0.05) is 12.0 Å². The molecule has 0 radical (unpaired) electrons. The van der Waals surface area contributed by atoms with E-state index in [9.17, 15) is 9.59 Å². The fourth-order valence-corrected chi connectivity index (χ4v) is 2.50. The summed E-state index contributed by atoms with van der Waals surface area (Å²) in [5.41, 5.74) is 0.987. The first-order valence-electron chi connectivity index (χ1n) is 6.17. The normalized spacial score (nSPS) is 26.8. The summed E-state index contributed by atoms with van der Waals surface area (Å²) >= 11 is 0. The minimum absolute atomic E-state index is 0.0608. The van der Waals surface area contributed by atoms with Crippen molar-refractivity contribution in [1.29, 1.82) is 0 Å². The van der Waals surface area contributed by atoms with Crippen molar-refractivity contribution in [3.8, 4) is 0 Å². The Kier molecular flexibility index (Phi) is 3.65. The first-order valence-corrected chi connectivity index (χ1v) is 6.17. The number of hydrogen-bond donors (Lipinski definition) is 1. The van der Waals surface area contributed by atoms with Gasteiger partial charge in [-0.15, -0.1) is 0 Å². The molecule has 1 aliphatic heterocycles. The molecule has 1 aromatic carbocycles. The second-order valence-electron chi connectivity index (χ2n) is 4.46. The number of rotatable bonds is 3. The van der Waals surface area contributed by atoms with Gasteiger partial charge in [0.15, 0.2) is 0 Å². The molecule has 0 unspecified atom stereocenters. The average Bonchev–Trinajstić information content (AvgIpc) is 2.65.